The first-order valence-electron chi connectivity index (χ1n) is 14.1. The van der Waals surface area contributed by atoms with Crippen LogP contribution in [0.3, 0.4) is 0 Å². The molecule has 41 heavy (non-hydrogen) atoms. The molecule has 8 nitrogen and oxygen atoms in total. The van der Waals surface area contributed by atoms with E-state index in [2.05, 4.69) is 27.1 Å². The number of halogens is 1. The molecule has 1 heterocycles. The van der Waals surface area contributed by atoms with Crippen LogP contribution in [-0.4, -0.2) is 56.2 Å². The highest BCUT2D eigenvalue weighted by Crippen LogP contribution is 2.33. The summed E-state index contributed by atoms with van der Waals surface area (Å²) in [5, 5.41) is 2.96. The zero-order chi connectivity index (χ0) is 28.8. The van der Waals surface area contributed by atoms with Gasteiger partial charge in [-0.15, -0.1) is 0 Å². The molecule has 0 bridgehead atoms. The van der Waals surface area contributed by atoms with E-state index < -0.39 is 10.0 Å². The van der Waals surface area contributed by atoms with E-state index in [0.29, 0.717) is 22.9 Å². The van der Waals surface area contributed by atoms with Crippen molar-refractivity contribution in [1.29, 1.82) is 0 Å². The van der Waals surface area contributed by atoms with Crippen molar-refractivity contribution in [2.24, 2.45) is 5.92 Å². The predicted molar refractivity (Wildman–Crippen MR) is 159 cm³/mol. The molecule has 2 aliphatic rings. The lowest BCUT2D eigenvalue weighted by atomic mass is 10.0. The first-order chi connectivity index (χ1) is 19.7. The molecule has 0 aromatic heterocycles. The molecule has 2 amide bonds. The Labute approximate surface area is 241 Å². The van der Waals surface area contributed by atoms with E-state index in [4.69, 9.17) is 4.74 Å². The van der Waals surface area contributed by atoms with Crippen LogP contribution in [0.25, 0.3) is 0 Å². The summed E-state index contributed by atoms with van der Waals surface area (Å²) in [7, 11) is -3.32. The number of rotatable bonds is 11. The van der Waals surface area contributed by atoms with Gasteiger partial charge in [-0.2, -0.15) is 0 Å². The lowest BCUT2D eigenvalue weighted by Gasteiger charge is -2.38. The second kappa shape index (κ2) is 12.9. The largest absolute Gasteiger partial charge is 0.457 e. The summed E-state index contributed by atoms with van der Waals surface area (Å²) in [5.41, 5.74) is 2.28. The summed E-state index contributed by atoms with van der Waals surface area (Å²) in [6, 6.07) is 20.7. The van der Waals surface area contributed by atoms with Gasteiger partial charge in [0.05, 0.1) is 6.26 Å². The van der Waals surface area contributed by atoms with E-state index in [1.165, 1.54) is 30.5 Å². The summed E-state index contributed by atoms with van der Waals surface area (Å²) in [6.07, 6.45) is 6.48. The van der Waals surface area contributed by atoms with Gasteiger partial charge in [0.2, 0.25) is 10.0 Å². The maximum Gasteiger partial charge on any atom is 0.322 e. The number of urea groups is 1. The molecular formula is C31H37FN4O4S. The summed E-state index contributed by atoms with van der Waals surface area (Å²) in [6.45, 7) is 3.38. The molecule has 1 aliphatic heterocycles. The first kappa shape index (κ1) is 28.9. The number of likely N-dealkylation sites (tertiary alicyclic amines) is 1. The Bertz CT molecular complexity index is 1400. The van der Waals surface area contributed by atoms with Gasteiger partial charge >= 0.3 is 6.03 Å². The van der Waals surface area contributed by atoms with Gasteiger partial charge in [-0.3, -0.25) is 9.62 Å². The molecular weight excluding hydrogens is 543 g/mol. The third-order valence-corrected chi connectivity index (χ3v) is 8.16. The van der Waals surface area contributed by atoms with Crippen molar-refractivity contribution in [2.75, 3.05) is 35.9 Å². The van der Waals surface area contributed by atoms with Gasteiger partial charge in [-0.1, -0.05) is 25.0 Å². The topological polar surface area (TPSA) is 91.0 Å². The van der Waals surface area contributed by atoms with Crippen molar-refractivity contribution >= 4 is 27.4 Å². The van der Waals surface area contributed by atoms with Gasteiger partial charge in [0.1, 0.15) is 17.3 Å². The number of carbonyl (C=O) groups is 1. The molecule has 3 aromatic rings. The number of sulfonamides is 1. The number of piperidine rings is 1. The molecule has 0 radical (unpaired) electrons. The highest BCUT2D eigenvalue weighted by atomic mass is 32.2. The minimum atomic E-state index is -3.32. The van der Waals surface area contributed by atoms with Crippen molar-refractivity contribution in [2.45, 2.75) is 44.7 Å². The van der Waals surface area contributed by atoms with E-state index in [1.807, 2.05) is 17.0 Å². The smallest absolute Gasteiger partial charge is 0.322 e. The predicted octanol–water partition coefficient (Wildman–Crippen LogP) is 6.29. The fourth-order valence-electron chi connectivity index (χ4n) is 5.16. The zero-order valence-electron chi connectivity index (χ0n) is 23.3. The standard InChI is InChI=1S/C31H37FN4O4S/c1-41(38,39)34-27-10-14-30(15-11-27)40-29-12-4-24(5-13-29)22-35-19-17-28(18-20-35)36(21-16-23-2-3-23)31(37)33-26-8-6-25(32)7-9-26/h4-15,23,28,34H,2-3,16-22H2,1H3,(H,33,37). The molecule has 5 rings (SSSR count). The average molecular weight is 581 g/mol. The Morgan fingerprint density at radius 1 is 0.902 bits per heavy atom. The second-order valence-corrected chi connectivity index (χ2v) is 12.8. The van der Waals surface area contributed by atoms with Crippen LogP contribution in [0.4, 0.5) is 20.6 Å². The Balaban J connectivity index is 1.11. The molecule has 10 heteroatoms. The summed E-state index contributed by atoms with van der Waals surface area (Å²) in [4.78, 5) is 17.6. The van der Waals surface area contributed by atoms with Gasteiger partial charge in [0, 0.05) is 43.6 Å². The van der Waals surface area contributed by atoms with Crippen LogP contribution in [0.15, 0.2) is 72.8 Å². The van der Waals surface area contributed by atoms with Gasteiger partial charge in [0.15, 0.2) is 0 Å². The molecule has 3 aromatic carbocycles. The van der Waals surface area contributed by atoms with Crippen molar-refractivity contribution in [3.8, 4) is 11.5 Å². The van der Waals surface area contributed by atoms with E-state index in [0.717, 1.165) is 57.6 Å². The third kappa shape index (κ3) is 8.93. The van der Waals surface area contributed by atoms with Crippen molar-refractivity contribution < 1.29 is 22.3 Å². The molecule has 1 saturated heterocycles. The maximum atomic E-state index is 13.3. The molecule has 2 fully saturated rings. The minimum absolute atomic E-state index is 0.104. The summed E-state index contributed by atoms with van der Waals surface area (Å²) >= 11 is 0. The number of ether oxygens (including phenoxy) is 1. The third-order valence-electron chi connectivity index (χ3n) is 7.55. The zero-order valence-corrected chi connectivity index (χ0v) is 24.1. The SMILES string of the molecule is CS(=O)(=O)Nc1ccc(Oc2ccc(CN3CCC(N(CCC4CC4)C(=O)Nc4ccc(F)cc4)CC3)cc2)cc1. The number of nitrogens with zero attached hydrogens (tertiary/aromatic N) is 2. The van der Waals surface area contributed by atoms with Crippen molar-refractivity contribution in [3.63, 3.8) is 0 Å². The van der Waals surface area contributed by atoms with Crippen LogP contribution >= 0.6 is 0 Å². The highest BCUT2D eigenvalue weighted by Gasteiger charge is 2.30. The number of benzene rings is 3. The fourth-order valence-corrected chi connectivity index (χ4v) is 5.72. The Morgan fingerprint density at radius 3 is 2.07 bits per heavy atom. The van der Waals surface area contributed by atoms with Gasteiger partial charge in [-0.25, -0.2) is 17.6 Å². The molecule has 1 saturated carbocycles. The number of carbonyl (C=O) groups excluding carboxylic acids is 1. The molecule has 2 N–H and O–H groups in total. The summed E-state index contributed by atoms with van der Waals surface area (Å²) in [5.74, 6) is 1.74. The van der Waals surface area contributed by atoms with Crippen molar-refractivity contribution in [1.82, 2.24) is 9.80 Å². The van der Waals surface area contributed by atoms with E-state index in [9.17, 15) is 17.6 Å². The fraction of sp³-hybridized carbons (Fsp3) is 0.387. The Kier molecular flexibility index (Phi) is 9.09. The second-order valence-electron chi connectivity index (χ2n) is 11.0. The molecule has 0 unspecified atom stereocenters. The molecule has 1 aliphatic carbocycles. The highest BCUT2D eigenvalue weighted by molar-refractivity contribution is 7.92. The maximum absolute atomic E-state index is 13.3. The lowest BCUT2D eigenvalue weighted by Crippen LogP contribution is -2.49. The number of amides is 2. The number of anilines is 2. The average Bonchev–Trinajstić information content (AvgIpc) is 3.77. The Hall–Kier alpha value is -3.63. The molecule has 0 spiro atoms. The first-order valence-corrected chi connectivity index (χ1v) is 16.0. The Morgan fingerprint density at radius 2 is 1.49 bits per heavy atom. The van der Waals surface area contributed by atoms with E-state index in [-0.39, 0.29) is 17.9 Å². The monoisotopic (exact) mass is 580 g/mol. The van der Waals surface area contributed by atoms with Crippen LogP contribution in [0.5, 0.6) is 11.5 Å². The van der Waals surface area contributed by atoms with Crippen LogP contribution in [-0.2, 0) is 16.6 Å². The normalized spacial score (nSPS) is 16.2. The van der Waals surface area contributed by atoms with Gasteiger partial charge < -0.3 is 15.0 Å². The van der Waals surface area contributed by atoms with E-state index in [1.54, 1.807) is 36.4 Å². The van der Waals surface area contributed by atoms with Gasteiger partial charge in [0.25, 0.3) is 0 Å². The lowest BCUT2D eigenvalue weighted by molar-refractivity contribution is 0.122. The van der Waals surface area contributed by atoms with Crippen LogP contribution in [0, 0.1) is 11.7 Å². The number of nitrogens with one attached hydrogen (secondary N) is 2. The van der Waals surface area contributed by atoms with E-state index >= 15 is 0 Å². The van der Waals surface area contributed by atoms with Crippen molar-refractivity contribution in [3.05, 3.63) is 84.2 Å². The molecule has 218 valence electrons. The quantitative estimate of drug-likeness (QED) is 0.278. The number of hydrogen-bond acceptors (Lipinski definition) is 5. The summed E-state index contributed by atoms with van der Waals surface area (Å²) < 4.78 is 44.4. The van der Waals surface area contributed by atoms with Crippen LogP contribution in [0.2, 0.25) is 0 Å². The van der Waals surface area contributed by atoms with Crippen LogP contribution < -0.4 is 14.8 Å². The minimum Gasteiger partial charge on any atom is -0.457 e. The van der Waals surface area contributed by atoms with Gasteiger partial charge in [-0.05, 0) is 91.4 Å². The number of hydrogen-bond donors (Lipinski definition) is 2. The molecule has 0 atom stereocenters. The van der Waals surface area contributed by atoms with Crippen LogP contribution in [0.1, 0.15) is 37.7 Å².